The maximum atomic E-state index is 13.3. The molecule has 0 atom stereocenters. The molecule has 1 aromatic heterocycles. The first-order valence-corrected chi connectivity index (χ1v) is 5.42. The second-order valence-electron chi connectivity index (χ2n) is 3.88. The Bertz CT molecular complexity index is 605. The summed E-state index contributed by atoms with van der Waals surface area (Å²) in [5.41, 5.74) is 1.83. The molecule has 0 saturated heterocycles. The number of halogens is 1. The van der Waals surface area contributed by atoms with Gasteiger partial charge in [0, 0.05) is 18.0 Å². The van der Waals surface area contributed by atoms with Crippen molar-refractivity contribution >= 4 is 0 Å². The average molecular weight is 242 g/mol. The number of hydrogen-bond acceptors (Lipinski definition) is 3. The highest BCUT2D eigenvalue weighted by molar-refractivity contribution is 5.43. The van der Waals surface area contributed by atoms with E-state index in [0.29, 0.717) is 0 Å². The topological polar surface area (TPSA) is 45.9 Å². The molecule has 0 aliphatic rings. The third-order valence-electron chi connectivity index (χ3n) is 2.41. The normalized spacial score (nSPS) is 9.83. The molecule has 0 fully saturated rings. The number of aromatic nitrogens is 1. The first-order valence-electron chi connectivity index (χ1n) is 5.42. The minimum Gasteiger partial charge on any atom is -0.487 e. The van der Waals surface area contributed by atoms with Crippen molar-refractivity contribution in [2.24, 2.45) is 0 Å². The zero-order valence-corrected chi connectivity index (χ0v) is 9.85. The summed E-state index contributed by atoms with van der Waals surface area (Å²) in [7, 11) is 0. The van der Waals surface area contributed by atoms with E-state index in [1.165, 1.54) is 12.1 Å². The molecule has 0 unspecified atom stereocenters. The Hall–Kier alpha value is -2.41. The van der Waals surface area contributed by atoms with Gasteiger partial charge in [-0.1, -0.05) is 6.07 Å². The summed E-state index contributed by atoms with van der Waals surface area (Å²) in [4.78, 5) is 4.04. The zero-order valence-electron chi connectivity index (χ0n) is 9.85. The fourth-order valence-corrected chi connectivity index (χ4v) is 1.59. The van der Waals surface area contributed by atoms with Gasteiger partial charge in [0.05, 0.1) is 0 Å². The van der Waals surface area contributed by atoms with Crippen LogP contribution >= 0.6 is 0 Å². The summed E-state index contributed by atoms with van der Waals surface area (Å²) in [5, 5.41) is 8.86. The first kappa shape index (κ1) is 12.1. The van der Waals surface area contributed by atoms with Crippen molar-refractivity contribution in [3.8, 4) is 11.8 Å². The van der Waals surface area contributed by atoms with Crippen molar-refractivity contribution in [1.82, 2.24) is 4.98 Å². The molecule has 0 spiro atoms. The van der Waals surface area contributed by atoms with E-state index >= 15 is 0 Å². The van der Waals surface area contributed by atoms with Gasteiger partial charge in [-0.15, -0.1) is 0 Å². The number of hydrogen-bond donors (Lipinski definition) is 0. The van der Waals surface area contributed by atoms with Crippen LogP contribution in [0.4, 0.5) is 4.39 Å². The van der Waals surface area contributed by atoms with Gasteiger partial charge >= 0.3 is 0 Å². The number of nitrogens with zero attached hydrogens (tertiary/aromatic N) is 2. The Morgan fingerprint density at radius 1 is 1.39 bits per heavy atom. The molecule has 2 aromatic rings. The lowest BCUT2D eigenvalue weighted by molar-refractivity contribution is 0.303. The molecule has 3 nitrogen and oxygen atoms in total. The fraction of sp³-hybridized carbons (Fsp3) is 0.143. The molecular weight excluding hydrogens is 231 g/mol. The van der Waals surface area contributed by atoms with Crippen molar-refractivity contribution in [3.63, 3.8) is 0 Å². The number of rotatable bonds is 3. The summed E-state index contributed by atoms with van der Waals surface area (Å²) in [5.74, 6) is -0.323. The maximum absolute atomic E-state index is 13.3. The van der Waals surface area contributed by atoms with Gasteiger partial charge in [-0.25, -0.2) is 4.39 Å². The lowest BCUT2D eigenvalue weighted by Gasteiger charge is -2.08. The largest absolute Gasteiger partial charge is 0.487 e. The minimum absolute atomic E-state index is 0.0712. The third-order valence-corrected chi connectivity index (χ3v) is 2.41. The second kappa shape index (κ2) is 5.28. The van der Waals surface area contributed by atoms with Crippen molar-refractivity contribution < 1.29 is 9.13 Å². The predicted octanol–water partition coefficient (Wildman–Crippen LogP) is 2.98. The Morgan fingerprint density at radius 3 is 2.94 bits per heavy atom. The number of aryl methyl sites for hydroxylation is 1. The van der Waals surface area contributed by atoms with Crippen LogP contribution < -0.4 is 4.74 Å². The molecule has 4 heteroatoms. The number of benzene rings is 1. The van der Waals surface area contributed by atoms with Crippen LogP contribution in [0, 0.1) is 24.1 Å². The molecule has 2 rings (SSSR count). The number of pyridine rings is 1. The van der Waals surface area contributed by atoms with Crippen LogP contribution in [0.25, 0.3) is 0 Å². The number of ether oxygens (including phenoxy) is 1. The van der Waals surface area contributed by atoms with Crippen molar-refractivity contribution in [3.05, 3.63) is 59.2 Å². The molecule has 1 heterocycles. The Balaban J connectivity index is 2.16. The highest BCUT2D eigenvalue weighted by Crippen LogP contribution is 2.21. The smallest absolute Gasteiger partial charge is 0.144 e. The van der Waals surface area contributed by atoms with Crippen molar-refractivity contribution in [2.75, 3.05) is 0 Å². The third kappa shape index (κ3) is 2.64. The van der Waals surface area contributed by atoms with Crippen molar-refractivity contribution in [1.29, 1.82) is 5.26 Å². The molecule has 1 aromatic carbocycles. The Kier molecular flexibility index (Phi) is 3.54. The highest BCUT2D eigenvalue weighted by Gasteiger charge is 2.08. The van der Waals surface area contributed by atoms with Gasteiger partial charge in [0.25, 0.3) is 0 Å². The predicted molar refractivity (Wildman–Crippen MR) is 64.4 cm³/mol. The van der Waals surface area contributed by atoms with Crippen LogP contribution in [0.1, 0.15) is 16.7 Å². The van der Waals surface area contributed by atoms with E-state index in [1.807, 2.05) is 13.0 Å². The zero-order chi connectivity index (χ0) is 13.0. The molecular formula is C14H11FN2O. The maximum Gasteiger partial charge on any atom is 0.144 e. The highest BCUT2D eigenvalue weighted by atomic mass is 19.1. The van der Waals surface area contributed by atoms with E-state index in [1.54, 1.807) is 24.5 Å². The summed E-state index contributed by atoms with van der Waals surface area (Å²) in [6.07, 6.45) is 3.42. The van der Waals surface area contributed by atoms with Gasteiger partial charge in [0.1, 0.15) is 29.8 Å². The van der Waals surface area contributed by atoms with Crippen LogP contribution in [-0.2, 0) is 6.61 Å². The fourth-order valence-electron chi connectivity index (χ4n) is 1.59. The monoisotopic (exact) mass is 242 g/mol. The van der Waals surface area contributed by atoms with Gasteiger partial charge in [-0.3, -0.25) is 4.98 Å². The Labute approximate surface area is 104 Å². The molecule has 0 aliphatic carbocycles. The molecule has 0 N–H and O–H groups in total. The molecule has 0 radical (unpaired) electrons. The SMILES string of the molecule is Cc1cncc(COc2cccc(F)c2C#N)c1. The van der Waals surface area contributed by atoms with Crippen LogP contribution in [0.2, 0.25) is 0 Å². The summed E-state index contributed by atoms with van der Waals surface area (Å²) < 4.78 is 18.8. The molecule has 0 amide bonds. The number of nitriles is 1. The van der Waals surface area contributed by atoms with E-state index in [2.05, 4.69) is 4.98 Å². The minimum atomic E-state index is -0.572. The van der Waals surface area contributed by atoms with E-state index in [4.69, 9.17) is 10.00 Å². The molecule has 90 valence electrons. The lowest BCUT2D eigenvalue weighted by Crippen LogP contribution is -1.99. The van der Waals surface area contributed by atoms with Crippen molar-refractivity contribution in [2.45, 2.75) is 13.5 Å². The summed E-state index contributed by atoms with van der Waals surface area (Å²) >= 11 is 0. The quantitative estimate of drug-likeness (QED) is 0.831. The first-order chi connectivity index (χ1) is 8.70. The average Bonchev–Trinajstić information content (AvgIpc) is 2.36. The van der Waals surface area contributed by atoms with Gasteiger partial charge in [-0.2, -0.15) is 5.26 Å². The van der Waals surface area contributed by atoms with Gasteiger partial charge in [0.15, 0.2) is 0 Å². The van der Waals surface area contributed by atoms with Crippen LogP contribution in [0.3, 0.4) is 0 Å². The molecule has 18 heavy (non-hydrogen) atoms. The van der Waals surface area contributed by atoms with E-state index in [-0.39, 0.29) is 17.9 Å². The molecule has 0 saturated carbocycles. The van der Waals surface area contributed by atoms with Crippen LogP contribution in [0.5, 0.6) is 5.75 Å². The molecule has 0 bridgehead atoms. The van der Waals surface area contributed by atoms with E-state index in [0.717, 1.165) is 11.1 Å². The second-order valence-corrected chi connectivity index (χ2v) is 3.88. The standard InChI is InChI=1S/C14H11FN2O/c1-10-5-11(8-17-7-10)9-18-14-4-2-3-13(15)12(14)6-16/h2-5,7-8H,9H2,1H3. The van der Waals surface area contributed by atoms with E-state index in [9.17, 15) is 4.39 Å². The lowest BCUT2D eigenvalue weighted by atomic mass is 10.2. The van der Waals surface area contributed by atoms with Crippen LogP contribution in [0.15, 0.2) is 36.7 Å². The van der Waals surface area contributed by atoms with Gasteiger partial charge in [0.2, 0.25) is 0 Å². The van der Waals surface area contributed by atoms with Gasteiger partial charge in [-0.05, 0) is 30.7 Å². The summed E-state index contributed by atoms with van der Waals surface area (Å²) in [6, 6.07) is 8.05. The Morgan fingerprint density at radius 2 is 2.22 bits per heavy atom. The van der Waals surface area contributed by atoms with E-state index < -0.39 is 5.82 Å². The summed E-state index contributed by atoms with van der Waals surface area (Å²) in [6.45, 7) is 2.19. The molecule has 0 aliphatic heterocycles. The van der Waals surface area contributed by atoms with Gasteiger partial charge < -0.3 is 4.74 Å². The van der Waals surface area contributed by atoms with Crippen LogP contribution in [-0.4, -0.2) is 4.98 Å².